The van der Waals surface area contributed by atoms with Gasteiger partial charge in [-0.25, -0.2) is 0 Å². The number of nitrogens with two attached hydrogens (primary N) is 1. The number of benzene rings is 1. The van der Waals surface area contributed by atoms with E-state index in [1.54, 1.807) is 4.68 Å². The van der Waals surface area contributed by atoms with Crippen molar-refractivity contribution in [2.24, 2.45) is 12.8 Å². The molecule has 0 saturated carbocycles. The molecule has 0 bridgehead atoms. The second-order valence-electron chi connectivity index (χ2n) is 4.81. The van der Waals surface area contributed by atoms with Crippen molar-refractivity contribution in [3.8, 4) is 0 Å². The van der Waals surface area contributed by atoms with E-state index in [1.807, 2.05) is 19.4 Å². The molecule has 0 radical (unpaired) electrons. The molecule has 1 heterocycles. The molecule has 88 valence electrons. The predicted octanol–water partition coefficient (Wildman–Crippen LogP) is 1.96. The van der Waals surface area contributed by atoms with E-state index in [0.29, 0.717) is 0 Å². The number of hydrogen-bond donors (Lipinski definition) is 1. The summed E-state index contributed by atoms with van der Waals surface area (Å²) in [6.07, 6.45) is 7.53. The molecular formula is C14H17N3. The molecule has 17 heavy (non-hydrogen) atoms. The molecule has 1 aliphatic rings. The average molecular weight is 227 g/mol. The van der Waals surface area contributed by atoms with E-state index in [4.69, 9.17) is 5.73 Å². The van der Waals surface area contributed by atoms with E-state index in [9.17, 15) is 0 Å². The van der Waals surface area contributed by atoms with Gasteiger partial charge in [-0.1, -0.05) is 18.2 Å². The normalized spacial score (nSPS) is 15.9. The SMILES string of the molecule is Cn1cc(C(N)c2ccc3c(c2)CCC3)cn1. The van der Waals surface area contributed by atoms with Crippen LogP contribution in [0.5, 0.6) is 0 Å². The standard InChI is InChI=1S/C14H17N3/c1-17-9-13(8-16-17)14(15)12-6-5-10-3-2-4-11(10)7-12/h5-9,14H,2-4,15H2,1H3. The molecule has 2 aromatic rings. The third-order valence-corrected chi connectivity index (χ3v) is 3.57. The number of nitrogens with zero attached hydrogens (tertiary/aromatic N) is 2. The van der Waals surface area contributed by atoms with Gasteiger partial charge in [0.1, 0.15) is 0 Å². The van der Waals surface area contributed by atoms with Gasteiger partial charge in [-0.3, -0.25) is 4.68 Å². The van der Waals surface area contributed by atoms with Crippen molar-refractivity contribution in [1.82, 2.24) is 9.78 Å². The van der Waals surface area contributed by atoms with Crippen LogP contribution >= 0.6 is 0 Å². The maximum Gasteiger partial charge on any atom is 0.0582 e. The van der Waals surface area contributed by atoms with Crippen LogP contribution in [0, 0.1) is 0 Å². The van der Waals surface area contributed by atoms with Gasteiger partial charge in [-0.05, 0) is 36.0 Å². The van der Waals surface area contributed by atoms with Crippen LogP contribution in [0.15, 0.2) is 30.6 Å². The van der Waals surface area contributed by atoms with Gasteiger partial charge in [0.2, 0.25) is 0 Å². The first kappa shape index (κ1) is 10.5. The summed E-state index contributed by atoms with van der Waals surface area (Å²) >= 11 is 0. The Morgan fingerprint density at radius 1 is 1.24 bits per heavy atom. The van der Waals surface area contributed by atoms with Crippen molar-refractivity contribution in [1.29, 1.82) is 0 Å². The molecule has 1 aromatic heterocycles. The van der Waals surface area contributed by atoms with Crippen LogP contribution in [0.4, 0.5) is 0 Å². The van der Waals surface area contributed by atoms with Crippen LogP contribution in [0.1, 0.15) is 34.7 Å². The lowest BCUT2D eigenvalue weighted by atomic mass is 9.98. The summed E-state index contributed by atoms with van der Waals surface area (Å²) in [6, 6.07) is 6.59. The molecule has 3 nitrogen and oxygen atoms in total. The Morgan fingerprint density at radius 2 is 2.06 bits per heavy atom. The molecular weight excluding hydrogens is 210 g/mol. The fourth-order valence-electron chi connectivity index (χ4n) is 2.58. The quantitative estimate of drug-likeness (QED) is 0.852. The lowest BCUT2D eigenvalue weighted by Gasteiger charge is -2.11. The van der Waals surface area contributed by atoms with E-state index < -0.39 is 0 Å². The molecule has 0 fully saturated rings. The molecule has 3 heteroatoms. The molecule has 1 unspecified atom stereocenters. The van der Waals surface area contributed by atoms with Gasteiger partial charge in [0, 0.05) is 18.8 Å². The Labute approximate surface area is 101 Å². The Hall–Kier alpha value is -1.61. The van der Waals surface area contributed by atoms with Crippen molar-refractivity contribution in [2.75, 3.05) is 0 Å². The Morgan fingerprint density at radius 3 is 2.82 bits per heavy atom. The van der Waals surface area contributed by atoms with Gasteiger partial charge in [0.05, 0.1) is 12.2 Å². The van der Waals surface area contributed by atoms with E-state index in [0.717, 1.165) is 5.56 Å². The van der Waals surface area contributed by atoms with E-state index in [-0.39, 0.29) is 6.04 Å². The first-order valence-corrected chi connectivity index (χ1v) is 6.10. The van der Waals surface area contributed by atoms with E-state index in [1.165, 1.54) is 36.0 Å². The Kier molecular flexibility index (Phi) is 2.48. The number of hydrogen-bond acceptors (Lipinski definition) is 2. The fourth-order valence-corrected chi connectivity index (χ4v) is 2.58. The molecule has 0 amide bonds. The summed E-state index contributed by atoms with van der Waals surface area (Å²) in [4.78, 5) is 0. The highest BCUT2D eigenvalue weighted by molar-refractivity contribution is 5.39. The maximum atomic E-state index is 6.27. The lowest BCUT2D eigenvalue weighted by molar-refractivity contribution is 0.765. The highest BCUT2D eigenvalue weighted by Crippen LogP contribution is 2.27. The number of rotatable bonds is 2. The summed E-state index contributed by atoms with van der Waals surface area (Å²) in [6.45, 7) is 0. The lowest BCUT2D eigenvalue weighted by Crippen LogP contribution is -2.11. The van der Waals surface area contributed by atoms with Crippen molar-refractivity contribution >= 4 is 0 Å². The topological polar surface area (TPSA) is 43.8 Å². The van der Waals surface area contributed by atoms with Gasteiger partial charge >= 0.3 is 0 Å². The summed E-state index contributed by atoms with van der Waals surface area (Å²) < 4.78 is 1.79. The van der Waals surface area contributed by atoms with Gasteiger partial charge in [-0.15, -0.1) is 0 Å². The zero-order valence-corrected chi connectivity index (χ0v) is 10.1. The zero-order chi connectivity index (χ0) is 11.8. The first-order valence-electron chi connectivity index (χ1n) is 6.10. The minimum atomic E-state index is -0.0606. The first-order chi connectivity index (χ1) is 8.24. The molecule has 0 spiro atoms. The third-order valence-electron chi connectivity index (χ3n) is 3.57. The summed E-state index contributed by atoms with van der Waals surface area (Å²) in [5.74, 6) is 0. The Bertz CT molecular complexity index is 542. The minimum absolute atomic E-state index is 0.0606. The van der Waals surface area contributed by atoms with Crippen molar-refractivity contribution in [3.05, 3.63) is 52.8 Å². The van der Waals surface area contributed by atoms with Crippen molar-refractivity contribution in [3.63, 3.8) is 0 Å². The monoisotopic (exact) mass is 227 g/mol. The minimum Gasteiger partial charge on any atom is -0.320 e. The van der Waals surface area contributed by atoms with Crippen LogP contribution in [0.2, 0.25) is 0 Å². The molecule has 0 saturated heterocycles. The van der Waals surface area contributed by atoms with Crippen LogP contribution in [-0.2, 0) is 19.9 Å². The molecule has 2 N–H and O–H groups in total. The molecule has 1 aliphatic carbocycles. The summed E-state index contributed by atoms with van der Waals surface area (Å²) in [7, 11) is 1.92. The van der Waals surface area contributed by atoms with Crippen molar-refractivity contribution in [2.45, 2.75) is 25.3 Å². The number of aromatic nitrogens is 2. The van der Waals surface area contributed by atoms with Crippen LogP contribution in [0.3, 0.4) is 0 Å². The van der Waals surface area contributed by atoms with Crippen LogP contribution < -0.4 is 5.73 Å². The smallest absolute Gasteiger partial charge is 0.0582 e. The largest absolute Gasteiger partial charge is 0.320 e. The zero-order valence-electron chi connectivity index (χ0n) is 10.1. The second kappa shape index (κ2) is 4.00. The third kappa shape index (κ3) is 1.87. The maximum absolute atomic E-state index is 6.27. The van der Waals surface area contributed by atoms with Gasteiger partial charge in [0.15, 0.2) is 0 Å². The number of fused-ring (bicyclic) bond motifs is 1. The predicted molar refractivity (Wildman–Crippen MR) is 67.7 cm³/mol. The van der Waals surface area contributed by atoms with Crippen LogP contribution in [-0.4, -0.2) is 9.78 Å². The molecule has 1 atom stereocenters. The summed E-state index contributed by atoms with van der Waals surface area (Å²) in [5.41, 5.74) is 11.5. The molecule has 0 aliphatic heterocycles. The highest BCUT2D eigenvalue weighted by Gasteiger charge is 2.15. The highest BCUT2D eigenvalue weighted by atomic mass is 15.2. The average Bonchev–Trinajstić information content (AvgIpc) is 2.95. The van der Waals surface area contributed by atoms with Crippen molar-refractivity contribution < 1.29 is 0 Å². The molecule has 3 rings (SSSR count). The van der Waals surface area contributed by atoms with Gasteiger partial charge < -0.3 is 5.73 Å². The number of aryl methyl sites for hydroxylation is 3. The fraction of sp³-hybridized carbons (Fsp3) is 0.357. The second-order valence-corrected chi connectivity index (χ2v) is 4.81. The van der Waals surface area contributed by atoms with Crippen LogP contribution in [0.25, 0.3) is 0 Å². The Balaban J connectivity index is 1.94. The molecule has 1 aromatic carbocycles. The van der Waals surface area contributed by atoms with Gasteiger partial charge in [-0.2, -0.15) is 5.10 Å². The summed E-state index contributed by atoms with van der Waals surface area (Å²) in [5, 5.41) is 4.17. The van der Waals surface area contributed by atoms with Gasteiger partial charge in [0.25, 0.3) is 0 Å². The van der Waals surface area contributed by atoms with E-state index >= 15 is 0 Å². The van der Waals surface area contributed by atoms with E-state index in [2.05, 4.69) is 23.3 Å².